The Balaban J connectivity index is 1.47. The van der Waals surface area contributed by atoms with E-state index in [0.29, 0.717) is 36.6 Å². The highest BCUT2D eigenvalue weighted by Gasteiger charge is 2.36. The summed E-state index contributed by atoms with van der Waals surface area (Å²) in [4.78, 5) is 14.8. The zero-order chi connectivity index (χ0) is 18.1. The molecule has 1 aromatic carbocycles. The summed E-state index contributed by atoms with van der Waals surface area (Å²) in [5, 5.41) is 19.0. The quantitative estimate of drug-likeness (QED) is 0.792. The van der Waals surface area contributed by atoms with Crippen molar-refractivity contribution in [2.45, 2.75) is 50.5 Å². The van der Waals surface area contributed by atoms with Gasteiger partial charge in [0.05, 0.1) is 5.60 Å². The summed E-state index contributed by atoms with van der Waals surface area (Å²) in [5.74, 6) is -0.0115. The fraction of sp³-hybridized carbons (Fsp3) is 0.500. The van der Waals surface area contributed by atoms with Crippen molar-refractivity contribution < 1.29 is 9.90 Å². The summed E-state index contributed by atoms with van der Waals surface area (Å²) >= 11 is 5.94. The number of amides is 1. The maximum absolute atomic E-state index is 13.0. The number of fused-ring (bicyclic) bond motifs is 1. The van der Waals surface area contributed by atoms with Crippen LogP contribution in [0.25, 0.3) is 0 Å². The second-order valence-electron chi connectivity index (χ2n) is 7.42. The largest absolute Gasteiger partial charge is 0.385 e. The molecule has 2 heterocycles. The van der Waals surface area contributed by atoms with E-state index < -0.39 is 5.60 Å². The van der Waals surface area contributed by atoms with Gasteiger partial charge in [-0.05, 0) is 56.2 Å². The Morgan fingerprint density at radius 3 is 2.54 bits per heavy atom. The third-order valence-electron chi connectivity index (χ3n) is 5.77. The van der Waals surface area contributed by atoms with Crippen LogP contribution >= 0.6 is 11.6 Å². The number of carbonyl (C=O) groups is 1. The summed E-state index contributed by atoms with van der Waals surface area (Å²) in [7, 11) is 0. The Labute approximate surface area is 158 Å². The summed E-state index contributed by atoms with van der Waals surface area (Å²) < 4.78 is 0. The van der Waals surface area contributed by atoms with Gasteiger partial charge in [0.2, 0.25) is 0 Å². The van der Waals surface area contributed by atoms with Crippen LogP contribution in [0.5, 0.6) is 0 Å². The molecule has 1 fully saturated rings. The van der Waals surface area contributed by atoms with Crippen LogP contribution in [0.3, 0.4) is 0 Å². The van der Waals surface area contributed by atoms with Gasteiger partial charge in [-0.2, -0.15) is 5.10 Å². The molecule has 1 amide bonds. The molecule has 1 aliphatic heterocycles. The van der Waals surface area contributed by atoms with Gasteiger partial charge in [-0.25, -0.2) is 0 Å². The van der Waals surface area contributed by atoms with Crippen LogP contribution in [0.1, 0.15) is 59.4 Å². The predicted molar refractivity (Wildman–Crippen MR) is 100 cm³/mol. The van der Waals surface area contributed by atoms with Gasteiger partial charge in [-0.3, -0.25) is 9.89 Å². The van der Waals surface area contributed by atoms with Crippen molar-refractivity contribution in [1.82, 2.24) is 15.1 Å². The van der Waals surface area contributed by atoms with Crippen molar-refractivity contribution in [2.75, 3.05) is 13.1 Å². The van der Waals surface area contributed by atoms with Crippen LogP contribution in [-0.4, -0.2) is 39.2 Å². The number of H-pyrrole nitrogens is 1. The first kappa shape index (κ1) is 17.6. The lowest BCUT2D eigenvalue weighted by Gasteiger charge is -2.38. The molecular formula is C20H24ClN3O2. The molecule has 0 unspecified atom stereocenters. The van der Waals surface area contributed by atoms with Crippen LogP contribution in [0.4, 0.5) is 0 Å². The molecule has 1 saturated heterocycles. The molecule has 0 radical (unpaired) electrons. The predicted octanol–water partition coefficient (Wildman–Crippen LogP) is 3.46. The minimum Gasteiger partial charge on any atom is -0.385 e. The first-order chi connectivity index (χ1) is 12.6. The Morgan fingerprint density at radius 1 is 1.12 bits per heavy atom. The van der Waals surface area contributed by atoms with Crippen molar-refractivity contribution in [3.05, 3.63) is 51.8 Å². The van der Waals surface area contributed by atoms with E-state index in [9.17, 15) is 9.90 Å². The fourth-order valence-electron chi connectivity index (χ4n) is 4.11. The molecule has 0 atom stereocenters. The number of likely N-dealkylation sites (tertiary alicyclic amines) is 1. The fourth-order valence-corrected chi connectivity index (χ4v) is 4.24. The number of rotatable bonds is 2. The zero-order valence-electron chi connectivity index (χ0n) is 14.8. The number of nitrogens with zero attached hydrogens (tertiary/aromatic N) is 2. The second kappa shape index (κ2) is 7.05. The number of aliphatic hydroxyl groups is 1. The van der Waals surface area contributed by atoms with E-state index in [2.05, 4.69) is 10.2 Å². The van der Waals surface area contributed by atoms with Crippen LogP contribution in [0.15, 0.2) is 24.3 Å². The number of piperidine rings is 1. The van der Waals surface area contributed by atoms with Crippen LogP contribution < -0.4 is 0 Å². The molecule has 1 aliphatic carbocycles. The number of aromatic nitrogens is 2. The average Bonchev–Trinajstić information content (AvgIpc) is 2.90. The number of halogens is 1. The molecule has 2 N–H and O–H groups in total. The second-order valence-corrected chi connectivity index (χ2v) is 7.86. The van der Waals surface area contributed by atoms with E-state index in [4.69, 9.17) is 11.6 Å². The highest BCUT2D eigenvalue weighted by molar-refractivity contribution is 6.30. The van der Waals surface area contributed by atoms with E-state index >= 15 is 0 Å². The number of nitrogens with one attached hydrogen (secondary N) is 1. The number of aryl methyl sites for hydroxylation is 1. The number of hydrogen-bond donors (Lipinski definition) is 2. The standard InChI is InChI=1S/C20H24ClN3O2/c21-15-8-6-14(7-9-15)20(26)10-12-24(13-11-20)19(25)18-16-4-2-1-3-5-17(16)22-23-18/h6-9,26H,1-5,10-13H2,(H,22,23). The first-order valence-corrected chi connectivity index (χ1v) is 9.78. The van der Waals surface area contributed by atoms with E-state index in [1.807, 2.05) is 17.0 Å². The molecule has 138 valence electrons. The average molecular weight is 374 g/mol. The number of carbonyl (C=O) groups excluding carboxylic acids is 1. The Morgan fingerprint density at radius 2 is 1.81 bits per heavy atom. The highest BCUT2D eigenvalue weighted by Crippen LogP contribution is 2.34. The maximum Gasteiger partial charge on any atom is 0.274 e. The molecule has 2 aliphatic rings. The maximum atomic E-state index is 13.0. The van der Waals surface area contributed by atoms with Crippen molar-refractivity contribution in [3.8, 4) is 0 Å². The molecule has 6 heteroatoms. The normalized spacial score (nSPS) is 19.7. The number of hydrogen-bond acceptors (Lipinski definition) is 3. The Bertz CT molecular complexity index is 792. The van der Waals surface area contributed by atoms with Crippen molar-refractivity contribution in [1.29, 1.82) is 0 Å². The van der Waals surface area contributed by atoms with E-state index in [1.54, 1.807) is 12.1 Å². The molecule has 5 nitrogen and oxygen atoms in total. The molecular weight excluding hydrogens is 350 g/mol. The number of aromatic amines is 1. The topological polar surface area (TPSA) is 69.2 Å². The monoisotopic (exact) mass is 373 g/mol. The Kier molecular flexibility index (Phi) is 4.76. The van der Waals surface area contributed by atoms with Crippen molar-refractivity contribution in [3.63, 3.8) is 0 Å². The van der Waals surface area contributed by atoms with Crippen LogP contribution in [0.2, 0.25) is 5.02 Å². The van der Waals surface area contributed by atoms with Gasteiger partial charge in [0.1, 0.15) is 0 Å². The minimum absolute atomic E-state index is 0.0115. The minimum atomic E-state index is -0.899. The van der Waals surface area contributed by atoms with Gasteiger partial charge >= 0.3 is 0 Å². The summed E-state index contributed by atoms with van der Waals surface area (Å²) in [6.45, 7) is 1.05. The van der Waals surface area contributed by atoms with Gasteiger partial charge in [-0.1, -0.05) is 30.2 Å². The summed E-state index contributed by atoms with van der Waals surface area (Å²) in [6, 6.07) is 7.33. The molecule has 26 heavy (non-hydrogen) atoms. The SMILES string of the molecule is O=C(c1n[nH]c2c1CCCCC2)N1CCC(O)(c2ccc(Cl)cc2)CC1. The third kappa shape index (κ3) is 3.26. The van der Waals surface area contributed by atoms with Gasteiger partial charge < -0.3 is 10.0 Å². The van der Waals surface area contributed by atoms with E-state index in [-0.39, 0.29) is 5.91 Å². The first-order valence-electron chi connectivity index (χ1n) is 9.41. The molecule has 4 rings (SSSR count). The zero-order valence-corrected chi connectivity index (χ0v) is 15.6. The van der Waals surface area contributed by atoms with Crippen LogP contribution in [0, 0.1) is 0 Å². The van der Waals surface area contributed by atoms with Gasteiger partial charge in [0.25, 0.3) is 5.91 Å². The smallest absolute Gasteiger partial charge is 0.274 e. The molecule has 0 saturated carbocycles. The van der Waals surface area contributed by atoms with Gasteiger partial charge in [0.15, 0.2) is 5.69 Å². The summed E-state index contributed by atoms with van der Waals surface area (Å²) in [5.41, 5.74) is 2.78. The lowest BCUT2D eigenvalue weighted by atomic mass is 9.84. The van der Waals surface area contributed by atoms with Gasteiger partial charge in [-0.15, -0.1) is 0 Å². The summed E-state index contributed by atoms with van der Waals surface area (Å²) in [6.07, 6.45) is 6.42. The Hall–Kier alpha value is -1.85. The van der Waals surface area contributed by atoms with Gasteiger partial charge in [0, 0.05) is 29.4 Å². The molecule has 2 aromatic rings. The van der Waals surface area contributed by atoms with E-state index in [0.717, 1.165) is 42.5 Å². The molecule has 0 bridgehead atoms. The lowest BCUT2D eigenvalue weighted by molar-refractivity contribution is -0.0212. The highest BCUT2D eigenvalue weighted by atomic mass is 35.5. The lowest BCUT2D eigenvalue weighted by Crippen LogP contribution is -2.45. The van der Waals surface area contributed by atoms with Crippen molar-refractivity contribution >= 4 is 17.5 Å². The number of benzene rings is 1. The molecule has 1 aromatic heterocycles. The third-order valence-corrected chi connectivity index (χ3v) is 6.02. The van der Waals surface area contributed by atoms with Crippen molar-refractivity contribution in [2.24, 2.45) is 0 Å². The van der Waals surface area contributed by atoms with E-state index in [1.165, 1.54) is 6.42 Å². The molecule has 0 spiro atoms. The van der Waals surface area contributed by atoms with Crippen LogP contribution in [-0.2, 0) is 18.4 Å².